The molecule has 1 aliphatic heterocycles. The summed E-state index contributed by atoms with van der Waals surface area (Å²) in [5.41, 5.74) is 10.6. The zero-order valence-electron chi connectivity index (χ0n) is 19.7. The van der Waals surface area contributed by atoms with Crippen LogP contribution < -0.4 is 5.73 Å². The van der Waals surface area contributed by atoms with Crippen LogP contribution in [0.1, 0.15) is 51.1 Å². The lowest BCUT2D eigenvalue weighted by Gasteiger charge is -2.23. The molecule has 4 heterocycles. The van der Waals surface area contributed by atoms with Crippen LogP contribution in [-0.2, 0) is 24.5 Å². The van der Waals surface area contributed by atoms with E-state index in [4.69, 9.17) is 22.1 Å². The fourth-order valence-electron chi connectivity index (χ4n) is 4.45. The number of nitrogens with zero attached hydrogens (tertiary/aromatic N) is 4. The van der Waals surface area contributed by atoms with E-state index < -0.39 is 5.95 Å². The molecule has 2 N–H and O–H groups in total. The lowest BCUT2D eigenvalue weighted by Crippen LogP contribution is -2.33. The summed E-state index contributed by atoms with van der Waals surface area (Å²) < 4.78 is 19.3. The van der Waals surface area contributed by atoms with E-state index in [1.807, 2.05) is 17.0 Å². The fourth-order valence-corrected chi connectivity index (χ4v) is 4.69. The first-order chi connectivity index (χ1) is 18.0. The molecule has 6 rings (SSSR count). The van der Waals surface area contributed by atoms with Crippen molar-refractivity contribution in [1.29, 1.82) is 0 Å². The molecule has 7 nitrogen and oxygen atoms in total. The summed E-state index contributed by atoms with van der Waals surface area (Å²) in [6.45, 7) is 1.17. The van der Waals surface area contributed by atoms with Gasteiger partial charge in [-0.05, 0) is 54.8 Å². The highest BCUT2D eigenvalue weighted by molar-refractivity contribution is 6.34. The van der Waals surface area contributed by atoms with Crippen LogP contribution in [0.25, 0.3) is 10.9 Å². The molecule has 1 amide bonds. The van der Waals surface area contributed by atoms with Crippen LogP contribution >= 0.6 is 11.6 Å². The molecule has 0 atom stereocenters. The van der Waals surface area contributed by atoms with Crippen molar-refractivity contribution in [2.75, 3.05) is 5.73 Å². The van der Waals surface area contributed by atoms with Crippen molar-refractivity contribution in [3.8, 4) is 11.8 Å². The van der Waals surface area contributed by atoms with Crippen molar-refractivity contribution in [2.24, 2.45) is 0 Å². The van der Waals surface area contributed by atoms with E-state index in [9.17, 15) is 9.18 Å². The van der Waals surface area contributed by atoms with Crippen molar-refractivity contribution >= 4 is 34.2 Å². The SMILES string of the molecule is Nc1nc2cc(Cl)c(C(=O)N(Cc3ccc(C#Cc4cccnc4F)cn3)C3CC3)cc2c2c1COC2. The van der Waals surface area contributed by atoms with E-state index in [0.29, 0.717) is 47.2 Å². The van der Waals surface area contributed by atoms with Crippen molar-refractivity contribution in [3.05, 3.63) is 93.3 Å². The minimum Gasteiger partial charge on any atom is -0.383 e. The molecule has 0 spiro atoms. The number of halogens is 2. The largest absolute Gasteiger partial charge is 0.383 e. The molecular weight excluding hydrogens is 493 g/mol. The van der Waals surface area contributed by atoms with Crippen LogP contribution in [0.15, 0.2) is 48.8 Å². The molecule has 37 heavy (non-hydrogen) atoms. The van der Waals surface area contributed by atoms with Crippen molar-refractivity contribution in [2.45, 2.75) is 38.6 Å². The minimum absolute atomic E-state index is 0.132. The summed E-state index contributed by atoms with van der Waals surface area (Å²) in [6, 6.07) is 10.5. The van der Waals surface area contributed by atoms with E-state index in [2.05, 4.69) is 26.8 Å². The van der Waals surface area contributed by atoms with Gasteiger partial charge in [0.05, 0.1) is 47.1 Å². The third kappa shape index (κ3) is 4.59. The minimum atomic E-state index is -0.609. The van der Waals surface area contributed by atoms with E-state index in [1.165, 1.54) is 6.20 Å². The Labute approximate surface area is 217 Å². The Hall–Kier alpha value is -4.06. The van der Waals surface area contributed by atoms with Crippen molar-refractivity contribution in [1.82, 2.24) is 19.9 Å². The smallest absolute Gasteiger partial charge is 0.255 e. The van der Waals surface area contributed by atoms with Crippen molar-refractivity contribution < 1.29 is 13.9 Å². The molecule has 2 aliphatic rings. The van der Waals surface area contributed by atoms with Crippen LogP contribution in [0.5, 0.6) is 0 Å². The average molecular weight is 514 g/mol. The summed E-state index contributed by atoms with van der Waals surface area (Å²) in [4.78, 5) is 28.1. The fraction of sp³-hybridized carbons (Fsp3) is 0.214. The van der Waals surface area contributed by atoms with Crippen LogP contribution in [0.2, 0.25) is 5.02 Å². The monoisotopic (exact) mass is 513 g/mol. The molecule has 0 radical (unpaired) electrons. The molecule has 0 saturated heterocycles. The first kappa shape index (κ1) is 23.3. The third-order valence-electron chi connectivity index (χ3n) is 6.55. The van der Waals surface area contributed by atoms with Gasteiger partial charge in [-0.2, -0.15) is 4.39 Å². The van der Waals surface area contributed by atoms with Crippen molar-refractivity contribution in [3.63, 3.8) is 0 Å². The maximum atomic E-state index is 13.7. The summed E-state index contributed by atoms with van der Waals surface area (Å²) in [5.74, 6) is 5.34. The standard InChI is InChI=1S/C28H21ClFN5O2/c29-24-11-25-20(22-14-37-15-23(22)27(31)34-25)10-21(24)28(36)35(19-7-8-19)13-18-6-4-16(12-33-18)3-5-17-2-1-9-32-26(17)30/h1-2,4,6,9-12,19H,7-8,13-15H2,(H2,31,34). The maximum absolute atomic E-state index is 13.7. The second kappa shape index (κ2) is 9.43. The Morgan fingerprint density at radius 2 is 2.00 bits per heavy atom. The Bertz CT molecular complexity index is 1610. The number of anilines is 1. The summed E-state index contributed by atoms with van der Waals surface area (Å²) in [6.07, 6.45) is 4.86. The average Bonchev–Trinajstić information content (AvgIpc) is 3.61. The number of benzene rings is 1. The highest BCUT2D eigenvalue weighted by Gasteiger charge is 2.34. The lowest BCUT2D eigenvalue weighted by molar-refractivity contribution is 0.0728. The van der Waals surface area contributed by atoms with E-state index >= 15 is 0 Å². The molecule has 1 aliphatic carbocycles. The van der Waals surface area contributed by atoms with Crippen LogP contribution in [0.4, 0.5) is 10.2 Å². The van der Waals surface area contributed by atoms with E-state index in [1.54, 1.807) is 30.5 Å². The first-order valence-corrected chi connectivity index (χ1v) is 12.2. The summed E-state index contributed by atoms with van der Waals surface area (Å²) >= 11 is 6.57. The molecule has 1 aromatic carbocycles. The topological polar surface area (TPSA) is 94.2 Å². The van der Waals surface area contributed by atoms with Gasteiger partial charge in [0.15, 0.2) is 0 Å². The molecule has 3 aromatic heterocycles. The molecule has 0 unspecified atom stereocenters. The van der Waals surface area contributed by atoms with Gasteiger partial charge >= 0.3 is 0 Å². The zero-order chi connectivity index (χ0) is 25.5. The van der Waals surface area contributed by atoms with Crippen LogP contribution in [0.3, 0.4) is 0 Å². The number of pyridine rings is 3. The van der Waals surface area contributed by atoms with Gasteiger partial charge in [-0.25, -0.2) is 9.97 Å². The Morgan fingerprint density at radius 1 is 1.16 bits per heavy atom. The van der Waals surface area contributed by atoms with E-state index in [-0.39, 0.29) is 17.5 Å². The van der Waals surface area contributed by atoms with Gasteiger partial charge in [-0.3, -0.25) is 9.78 Å². The number of hydrogen-bond acceptors (Lipinski definition) is 6. The normalized spacial score (nSPS) is 14.2. The molecule has 4 aromatic rings. The van der Waals surface area contributed by atoms with Gasteiger partial charge in [-0.15, -0.1) is 0 Å². The highest BCUT2D eigenvalue weighted by Crippen LogP contribution is 2.36. The molecule has 184 valence electrons. The zero-order valence-corrected chi connectivity index (χ0v) is 20.4. The molecule has 1 fully saturated rings. The number of ether oxygens (including phenoxy) is 1. The number of rotatable bonds is 4. The van der Waals surface area contributed by atoms with Gasteiger partial charge in [0.25, 0.3) is 5.91 Å². The first-order valence-electron chi connectivity index (χ1n) is 11.8. The predicted octanol–water partition coefficient (Wildman–Crippen LogP) is 4.63. The number of amides is 1. The summed E-state index contributed by atoms with van der Waals surface area (Å²) in [5, 5.41) is 1.16. The van der Waals surface area contributed by atoms with Gasteiger partial charge in [-0.1, -0.05) is 23.4 Å². The molecule has 0 bridgehead atoms. The van der Waals surface area contributed by atoms with Gasteiger partial charge in [0.1, 0.15) is 5.82 Å². The predicted molar refractivity (Wildman–Crippen MR) is 137 cm³/mol. The number of nitrogen functional groups attached to an aromatic ring is 1. The van der Waals surface area contributed by atoms with E-state index in [0.717, 1.165) is 35.0 Å². The Kier molecular flexibility index (Phi) is 5.95. The Morgan fingerprint density at radius 3 is 2.76 bits per heavy atom. The lowest BCUT2D eigenvalue weighted by atomic mass is 10.0. The molecule has 1 saturated carbocycles. The third-order valence-corrected chi connectivity index (χ3v) is 6.87. The van der Waals surface area contributed by atoms with Gasteiger partial charge < -0.3 is 15.4 Å². The number of aromatic nitrogens is 3. The number of carbonyl (C=O) groups is 1. The number of carbonyl (C=O) groups excluding carboxylic acids is 1. The molecular formula is C28H21ClFN5O2. The maximum Gasteiger partial charge on any atom is 0.255 e. The second-order valence-electron chi connectivity index (χ2n) is 9.09. The van der Waals surface area contributed by atoms with Gasteiger partial charge in [0.2, 0.25) is 5.95 Å². The van der Waals surface area contributed by atoms with Crippen LogP contribution in [0, 0.1) is 17.8 Å². The Balaban J connectivity index is 1.26. The van der Waals surface area contributed by atoms with Crippen LogP contribution in [-0.4, -0.2) is 31.8 Å². The number of fused-ring (bicyclic) bond motifs is 3. The van der Waals surface area contributed by atoms with Gasteiger partial charge in [0, 0.05) is 34.9 Å². The summed E-state index contributed by atoms with van der Waals surface area (Å²) in [7, 11) is 0. The number of hydrogen-bond donors (Lipinski definition) is 1. The molecule has 9 heteroatoms. The highest BCUT2D eigenvalue weighted by atomic mass is 35.5. The second-order valence-corrected chi connectivity index (χ2v) is 9.50. The number of nitrogens with two attached hydrogens (primary N) is 1. The quantitative estimate of drug-likeness (QED) is 0.316.